The zero-order valence-electron chi connectivity index (χ0n) is 27.5. The lowest BCUT2D eigenvalue weighted by Gasteiger charge is -2.33. The van der Waals surface area contributed by atoms with Crippen LogP contribution in [0, 0.1) is 0 Å². The Labute approximate surface area is 284 Å². The van der Waals surface area contributed by atoms with Crippen molar-refractivity contribution in [2.75, 3.05) is 7.05 Å². The van der Waals surface area contributed by atoms with Crippen LogP contribution < -0.4 is 16.0 Å². The van der Waals surface area contributed by atoms with Crippen molar-refractivity contribution in [3.63, 3.8) is 0 Å². The molecule has 0 saturated heterocycles. The zero-order chi connectivity index (χ0) is 32.7. The number of hydrogen-bond acceptors (Lipinski definition) is 3. The first kappa shape index (κ1) is 31.1. The molecule has 0 amide bonds. The number of allylic oxidation sites excluding steroid dienone is 3. The van der Waals surface area contributed by atoms with Gasteiger partial charge in [-0.2, -0.15) is 0 Å². The van der Waals surface area contributed by atoms with Crippen LogP contribution in [0.2, 0.25) is 0 Å². The Balaban J connectivity index is 1.23. The lowest BCUT2D eigenvalue weighted by atomic mass is 9.89. The zero-order valence-corrected chi connectivity index (χ0v) is 27.5. The van der Waals surface area contributed by atoms with Gasteiger partial charge in [0.1, 0.15) is 6.17 Å². The van der Waals surface area contributed by atoms with Crippen molar-refractivity contribution in [1.82, 2.24) is 16.0 Å². The van der Waals surface area contributed by atoms with E-state index < -0.39 is 0 Å². The number of hydrogen-bond donors (Lipinski definition) is 3. The van der Waals surface area contributed by atoms with E-state index in [2.05, 4.69) is 186 Å². The highest BCUT2D eigenvalue weighted by Gasteiger charge is 2.25. The van der Waals surface area contributed by atoms with Gasteiger partial charge >= 0.3 is 0 Å². The second kappa shape index (κ2) is 14.5. The van der Waals surface area contributed by atoms with E-state index in [4.69, 9.17) is 0 Å². The first-order valence-corrected chi connectivity index (χ1v) is 16.7. The van der Waals surface area contributed by atoms with Gasteiger partial charge in [0.05, 0.1) is 12.1 Å². The second-order valence-electron chi connectivity index (χ2n) is 12.2. The molecule has 1 aliphatic heterocycles. The smallest absolute Gasteiger partial charge is 0.104 e. The molecule has 7 rings (SSSR count). The minimum absolute atomic E-state index is 0.0262. The monoisotopic (exact) mass is 623 g/mol. The molecule has 3 atom stereocenters. The van der Waals surface area contributed by atoms with Crippen molar-refractivity contribution in [2.45, 2.75) is 25.2 Å². The third-order valence-corrected chi connectivity index (χ3v) is 9.18. The van der Waals surface area contributed by atoms with E-state index in [1.807, 2.05) is 20.0 Å². The SMILES string of the molecule is C/C=C\C=C/c1ccc(C(NC)c2ccc(C3NC(c4cccc5ccccc45)=CC(c4ccccc4)N3)cc2)c(-c2ccccc2)c1. The van der Waals surface area contributed by atoms with E-state index >= 15 is 0 Å². The molecule has 3 unspecified atom stereocenters. The molecule has 0 fully saturated rings. The van der Waals surface area contributed by atoms with Crippen molar-refractivity contribution in [1.29, 1.82) is 0 Å². The van der Waals surface area contributed by atoms with Crippen LogP contribution in [0.4, 0.5) is 0 Å². The van der Waals surface area contributed by atoms with Crippen LogP contribution in [0.5, 0.6) is 0 Å². The van der Waals surface area contributed by atoms with E-state index in [-0.39, 0.29) is 18.2 Å². The molecule has 3 N–H and O–H groups in total. The number of benzene rings is 6. The van der Waals surface area contributed by atoms with E-state index in [1.54, 1.807) is 0 Å². The average Bonchev–Trinajstić information content (AvgIpc) is 3.16. The van der Waals surface area contributed by atoms with Gasteiger partial charge in [0.2, 0.25) is 0 Å². The van der Waals surface area contributed by atoms with Crippen molar-refractivity contribution in [3.8, 4) is 11.1 Å². The molecule has 48 heavy (non-hydrogen) atoms. The number of rotatable bonds is 9. The largest absolute Gasteiger partial charge is 0.366 e. The highest BCUT2D eigenvalue weighted by Crippen LogP contribution is 2.35. The fourth-order valence-electron chi connectivity index (χ4n) is 6.76. The minimum Gasteiger partial charge on any atom is -0.366 e. The summed E-state index contributed by atoms with van der Waals surface area (Å²) < 4.78 is 0. The predicted octanol–water partition coefficient (Wildman–Crippen LogP) is 10.4. The molecule has 0 aromatic heterocycles. The maximum Gasteiger partial charge on any atom is 0.104 e. The van der Waals surface area contributed by atoms with Crippen LogP contribution in [-0.4, -0.2) is 7.05 Å². The van der Waals surface area contributed by atoms with E-state index in [0.29, 0.717) is 0 Å². The summed E-state index contributed by atoms with van der Waals surface area (Å²) in [7, 11) is 2.04. The Morgan fingerprint density at radius 1 is 0.667 bits per heavy atom. The van der Waals surface area contributed by atoms with Gasteiger partial charge < -0.3 is 10.6 Å². The van der Waals surface area contributed by atoms with Gasteiger partial charge in [-0.15, -0.1) is 0 Å². The Morgan fingerprint density at radius 3 is 2.17 bits per heavy atom. The van der Waals surface area contributed by atoms with Crippen LogP contribution in [0.15, 0.2) is 170 Å². The molecule has 0 bridgehead atoms. The summed E-state index contributed by atoms with van der Waals surface area (Å²) in [4.78, 5) is 0. The third kappa shape index (κ3) is 6.65. The summed E-state index contributed by atoms with van der Waals surface area (Å²) >= 11 is 0. The summed E-state index contributed by atoms with van der Waals surface area (Å²) in [5, 5.41) is 13.8. The van der Waals surface area contributed by atoms with Crippen LogP contribution in [-0.2, 0) is 0 Å². The molecular weight excluding hydrogens is 583 g/mol. The van der Waals surface area contributed by atoms with Gasteiger partial charge in [-0.1, -0.05) is 164 Å². The number of nitrogens with one attached hydrogen (secondary N) is 3. The van der Waals surface area contributed by atoms with Gasteiger partial charge in [-0.05, 0) is 75.8 Å². The normalized spacial score (nSPS) is 17.0. The van der Waals surface area contributed by atoms with Gasteiger partial charge in [-0.25, -0.2) is 0 Å². The lowest BCUT2D eigenvalue weighted by Crippen LogP contribution is -2.39. The Hall–Kier alpha value is -5.48. The maximum absolute atomic E-state index is 3.87. The van der Waals surface area contributed by atoms with Crippen LogP contribution in [0.3, 0.4) is 0 Å². The van der Waals surface area contributed by atoms with Gasteiger partial charge in [0.25, 0.3) is 0 Å². The number of fused-ring (bicyclic) bond motifs is 1. The topological polar surface area (TPSA) is 36.1 Å². The molecule has 0 saturated carbocycles. The first-order valence-electron chi connectivity index (χ1n) is 16.7. The molecule has 0 spiro atoms. The second-order valence-corrected chi connectivity index (χ2v) is 12.2. The van der Waals surface area contributed by atoms with Crippen LogP contribution in [0.1, 0.15) is 58.6 Å². The Kier molecular flexibility index (Phi) is 9.42. The van der Waals surface area contributed by atoms with Crippen molar-refractivity contribution in [3.05, 3.63) is 203 Å². The van der Waals surface area contributed by atoms with Gasteiger partial charge in [0, 0.05) is 11.3 Å². The Morgan fingerprint density at radius 2 is 1.40 bits per heavy atom. The maximum atomic E-state index is 3.87. The van der Waals surface area contributed by atoms with Crippen molar-refractivity contribution in [2.24, 2.45) is 0 Å². The molecule has 1 heterocycles. The fourth-order valence-corrected chi connectivity index (χ4v) is 6.76. The van der Waals surface area contributed by atoms with E-state index in [1.165, 1.54) is 55.3 Å². The highest BCUT2D eigenvalue weighted by molar-refractivity contribution is 5.93. The lowest BCUT2D eigenvalue weighted by molar-refractivity contribution is 0.442. The van der Waals surface area contributed by atoms with Gasteiger partial charge in [-0.3, -0.25) is 5.32 Å². The molecule has 236 valence electrons. The predicted molar refractivity (Wildman–Crippen MR) is 203 cm³/mol. The van der Waals surface area contributed by atoms with Crippen molar-refractivity contribution < 1.29 is 0 Å². The third-order valence-electron chi connectivity index (χ3n) is 9.18. The molecule has 0 aliphatic carbocycles. The fraction of sp³-hybridized carbons (Fsp3) is 0.111. The van der Waals surface area contributed by atoms with Crippen molar-refractivity contribution >= 4 is 22.5 Å². The molecule has 0 radical (unpaired) electrons. The standard InChI is InChI=1S/C45H41N3/c1-3-4-7-15-32-24-29-40(41(30-32)34-16-8-5-9-17-34)44(46-2)36-25-27-37(28-26-36)45-47-42(35-19-10-6-11-20-35)31-43(48-45)39-23-14-21-33-18-12-13-22-38(33)39/h3-31,42,44-48H,1-2H3/b4-3-,15-7-. The molecule has 3 nitrogen and oxygen atoms in total. The molecular formula is C45H41N3. The minimum atomic E-state index is -0.0700. The summed E-state index contributed by atoms with van der Waals surface area (Å²) in [6.07, 6.45) is 10.6. The first-order chi connectivity index (χ1) is 23.7. The average molecular weight is 624 g/mol. The van der Waals surface area contributed by atoms with Crippen LogP contribution >= 0.6 is 0 Å². The molecule has 3 heteroatoms. The highest BCUT2D eigenvalue weighted by atomic mass is 15.2. The molecule has 6 aromatic carbocycles. The summed E-state index contributed by atoms with van der Waals surface area (Å²) in [6.45, 7) is 2.04. The molecule has 1 aliphatic rings. The molecule has 6 aromatic rings. The van der Waals surface area contributed by atoms with Crippen LogP contribution in [0.25, 0.3) is 33.7 Å². The Bertz CT molecular complexity index is 2070. The quantitative estimate of drug-likeness (QED) is 0.140. The van der Waals surface area contributed by atoms with E-state index in [0.717, 1.165) is 5.70 Å². The summed E-state index contributed by atoms with van der Waals surface area (Å²) in [5.74, 6) is 0. The van der Waals surface area contributed by atoms with E-state index in [9.17, 15) is 0 Å². The van der Waals surface area contributed by atoms with Gasteiger partial charge in [0.15, 0.2) is 0 Å². The summed E-state index contributed by atoms with van der Waals surface area (Å²) in [6, 6.07) is 52.4. The summed E-state index contributed by atoms with van der Waals surface area (Å²) in [5.41, 5.74) is 10.9.